The molecule has 0 radical (unpaired) electrons. The molecule has 1 amide bonds. The summed E-state index contributed by atoms with van der Waals surface area (Å²) in [6, 6.07) is 3.79. The predicted octanol–water partition coefficient (Wildman–Crippen LogP) is 1.80. The first-order valence-electron chi connectivity index (χ1n) is 6.06. The smallest absolute Gasteiger partial charge is 0.272 e. The quantitative estimate of drug-likeness (QED) is 0.846. The van der Waals surface area contributed by atoms with Crippen molar-refractivity contribution in [1.29, 1.82) is 0 Å². The molecule has 0 aromatic carbocycles. The van der Waals surface area contributed by atoms with Crippen LogP contribution in [0.2, 0.25) is 0 Å². The largest absolute Gasteiger partial charge is 0.335 e. The second-order valence-corrected chi connectivity index (χ2v) is 4.35. The number of carbonyl (C=O) groups excluding carboxylic acids is 1. The van der Waals surface area contributed by atoms with E-state index in [2.05, 4.69) is 11.9 Å². The Morgan fingerprint density at radius 1 is 1.47 bits per heavy atom. The molecule has 0 bridgehead atoms. The fourth-order valence-electron chi connectivity index (χ4n) is 1.65. The van der Waals surface area contributed by atoms with E-state index < -0.39 is 0 Å². The van der Waals surface area contributed by atoms with Gasteiger partial charge in [-0.2, -0.15) is 0 Å². The van der Waals surface area contributed by atoms with Crippen LogP contribution in [0.3, 0.4) is 0 Å². The molecule has 4 heteroatoms. The van der Waals surface area contributed by atoms with Gasteiger partial charge >= 0.3 is 0 Å². The molecular formula is C13H21N3O. The zero-order valence-corrected chi connectivity index (χ0v) is 10.8. The van der Waals surface area contributed by atoms with E-state index in [4.69, 9.17) is 5.73 Å². The van der Waals surface area contributed by atoms with Gasteiger partial charge in [0, 0.05) is 25.3 Å². The lowest BCUT2D eigenvalue weighted by atomic mass is 10.2. The average molecular weight is 235 g/mol. The maximum atomic E-state index is 12.2. The topological polar surface area (TPSA) is 59.2 Å². The fraction of sp³-hybridized carbons (Fsp3) is 0.538. The van der Waals surface area contributed by atoms with Gasteiger partial charge in [-0.3, -0.25) is 9.78 Å². The molecule has 1 aromatic heterocycles. The molecule has 1 rings (SSSR count). The van der Waals surface area contributed by atoms with Gasteiger partial charge in [0.2, 0.25) is 0 Å². The Morgan fingerprint density at radius 3 is 2.59 bits per heavy atom. The molecule has 2 N–H and O–H groups in total. The average Bonchev–Trinajstić information content (AvgIpc) is 2.35. The van der Waals surface area contributed by atoms with Crippen molar-refractivity contribution >= 4 is 5.91 Å². The van der Waals surface area contributed by atoms with Crippen LogP contribution in [0, 0.1) is 0 Å². The summed E-state index contributed by atoms with van der Waals surface area (Å²) in [5.41, 5.74) is 6.92. The van der Waals surface area contributed by atoms with Gasteiger partial charge in [0.25, 0.3) is 5.91 Å². The van der Waals surface area contributed by atoms with Crippen LogP contribution in [0.4, 0.5) is 0 Å². The number of aromatic nitrogens is 1. The minimum absolute atomic E-state index is 0.00887. The summed E-state index contributed by atoms with van der Waals surface area (Å²) in [6.45, 7) is 7.30. The summed E-state index contributed by atoms with van der Waals surface area (Å²) in [5.74, 6) is -0.00887. The van der Waals surface area contributed by atoms with Crippen molar-refractivity contribution < 1.29 is 4.79 Å². The van der Waals surface area contributed by atoms with Crippen molar-refractivity contribution in [3.05, 3.63) is 29.6 Å². The first-order chi connectivity index (χ1) is 8.10. The Balaban J connectivity index is 2.85. The molecule has 0 aliphatic carbocycles. The zero-order chi connectivity index (χ0) is 12.8. The van der Waals surface area contributed by atoms with Crippen LogP contribution in [0.25, 0.3) is 0 Å². The molecule has 0 aliphatic rings. The van der Waals surface area contributed by atoms with Gasteiger partial charge in [-0.25, -0.2) is 0 Å². The molecule has 0 unspecified atom stereocenters. The summed E-state index contributed by atoms with van der Waals surface area (Å²) in [4.78, 5) is 18.2. The third-order valence-corrected chi connectivity index (χ3v) is 2.63. The molecule has 1 heterocycles. The van der Waals surface area contributed by atoms with E-state index in [0.717, 1.165) is 18.5 Å². The van der Waals surface area contributed by atoms with Crippen molar-refractivity contribution in [3.63, 3.8) is 0 Å². The Kier molecular flexibility index (Phi) is 5.10. The lowest BCUT2D eigenvalue weighted by Crippen LogP contribution is -2.37. The van der Waals surface area contributed by atoms with E-state index in [1.807, 2.05) is 24.8 Å². The van der Waals surface area contributed by atoms with E-state index in [0.29, 0.717) is 12.2 Å². The normalized spacial score (nSPS) is 10.6. The molecular weight excluding hydrogens is 214 g/mol. The Morgan fingerprint density at radius 2 is 2.18 bits per heavy atom. The number of amides is 1. The van der Waals surface area contributed by atoms with Crippen LogP contribution in [-0.4, -0.2) is 28.4 Å². The Bertz CT molecular complexity index is 359. The van der Waals surface area contributed by atoms with E-state index in [1.165, 1.54) is 0 Å². The molecule has 94 valence electrons. The van der Waals surface area contributed by atoms with Crippen LogP contribution in [-0.2, 0) is 6.54 Å². The van der Waals surface area contributed by atoms with Gasteiger partial charge in [0.1, 0.15) is 5.69 Å². The fourth-order valence-corrected chi connectivity index (χ4v) is 1.65. The highest BCUT2D eigenvalue weighted by atomic mass is 16.2. The lowest BCUT2D eigenvalue weighted by molar-refractivity contribution is 0.0700. The molecule has 0 atom stereocenters. The Hall–Kier alpha value is -1.42. The minimum Gasteiger partial charge on any atom is -0.335 e. The first-order valence-corrected chi connectivity index (χ1v) is 6.06. The van der Waals surface area contributed by atoms with Crippen LogP contribution in [0.1, 0.15) is 43.2 Å². The van der Waals surface area contributed by atoms with Gasteiger partial charge in [0.15, 0.2) is 0 Å². The van der Waals surface area contributed by atoms with Gasteiger partial charge < -0.3 is 10.6 Å². The van der Waals surface area contributed by atoms with Crippen LogP contribution < -0.4 is 5.73 Å². The van der Waals surface area contributed by atoms with E-state index in [9.17, 15) is 4.79 Å². The van der Waals surface area contributed by atoms with Gasteiger partial charge in [-0.05, 0) is 31.9 Å². The highest BCUT2D eigenvalue weighted by molar-refractivity contribution is 5.92. The highest BCUT2D eigenvalue weighted by Gasteiger charge is 2.18. The zero-order valence-electron chi connectivity index (χ0n) is 10.8. The number of hydrogen-bond donors (Lipinski definition) is 1. The summed E-state index contributed by atoms with van der Waals surface area (Å²) < 4.78 is 0. The molecule has 0 saturated heterocycles. The SMILES string of the molecule is CCCN(C(=O)c1ccc(CN)cn1)C(C)C. The van der Waals surface area contributed by atoms with Crippen LogP contribution >= 0.6 is 0 Å². The third-order valence-electron chi connectivity index (χ3n) is 2.63. The van der Waals surface area contributed by atoms with E-state index in [-0.39, 0.29) is 11.9 Å². The molecule has 1 aromatic rings. The molecule has 0 spiro atoms. The Labute approximate surface area is 103 Å². The van der Waals surface area contributed by atoms with E-state index in [1.54, 1.807) is 12.3 Å². The maximum Gasteiger partial charge on any atom is 0.272 e. The van der Waals surface area contributed by atoms with Crippen molar-refractivity contribution in [2.75, 3.05) is 6.54 Å². The number of pyridine rings is 1. The first kappa shape index (κ1) is 13.6. The maximum absolute atomic E-state index is 12.2. The standard InChI is InChI=1S/C13H21N3O/c1-4-7-16(10(2)3)13(17)12-6-5-11(8-14)9-15-12/h5-6,9-10H,4,7-8,14H2,1-3H3. The predicted molar refractivity (Wildman–Crippen MR) is 68.6 cm³/mol. The molecule has 4 nitrogen and oxygen atoms in total. The van der Waals surface area contributed by atoms with Crippen molar-refractivity contribution in [3.8, 4) is 0 Å². The monoisotopic (exact) mass is 235 g/mol. The van der Waals surface area contributed by atoms with Gasteiger partial charge in [-0.1, -0.05) is 13.0 Å². The lowest BCUT2D eigenvalue weighted by Gasteiger charge is -2.25. The number of hydrogen-bond acceptors (Lipinski definition) is 3. The number of nitrogens with two attached hydrogens (primary N) is 1. The van der Waals surface area contributed by atoms with E-state index >= 15 is 0 Å². The van der Waals surface area contributed by atoms with Crippen molar-refractivity contribution in [1.82, 2.24) is 9.88 Å². The van der Waals surface area contributed by atoms with Crippen molar-refractivity contribution in [2.24, 2.45) is 5.73 Å². The number of carbonyl (C=O) groups is 1. The van der Waals surface area contributed by atoms with Gasteiger partial charge in [0.05, 0.1) is 0 Å². The minimum atomic E-state index is -0.00887. The highest BCUT2D eigenvalue weighted by Crippen LogP contribution is 2.08. The molecule has 0 saturated carbocycles. The molecule has 0 fully saturated rings. The molecule has 0 aliphatic heterocycles. The van der Waals surface area contributed by atoms with Gasteiger partial charge in [-0.15, -0.1) is 0 Å². The van der Waals surface area contributed by atoms with Crippen molar-refractivity contribution in [2.45, 2.75) is 39.8 Å². The third kappa shape index (κ3) is 3.53. The second-order valence-electron chi connectivity index (χ2n) is 4.35. The summed E-state index contributed by atoms with van der Waals surface area (Å²) in [7, 11) is 0. The number of nitrogens with zero attached hydrogens (tertiary/aromatic N) is 2. The molecule has 17 heavy (non-hydrogen) atoms. The summed E-state index contributed by atoms with van der Waals surface area (Å²) >= 11 is 0. The number of rotatable bonds is 5. The summed E-state index contributed by atoms with van der Waals surface area (Å²) in [6.07, 6.45) is 2.61. The second kappa shape index (κ2) is 6.35. The summed E-state index contributed by atoms with van der Waals surface area (Å²) in [5, 5.41) is 0. The van der Waals surface area contributed by atoms with Crippen LogP contribution in [0.15, 0.2) is 18.3 Å². The van der Waals surface area contributed by atoms with Crippen LogP contribution in [0.5, 0.6) is 0 Å².